The van der Waals surface area contributed by atoms with Gasteiger partial charge in [0.1, 0.15) is 6.33 Å². The van der Waals surface area contributed by atoms with Gasteiger partial charge in [-0.3, -0.25) is 9.88 Å². The van der Waals surface area contributed by atoms with E-state index >= 15 is 0 Å². The number of nitrogens with zero attached hydrogens (tertiary/aromatic N) is 5. The van der Waals surface area contributed by atoms with Crippen molar-refractivity contribution < 1.29 is 0 Å². The highest BCUT2D eigenvalue weighted by molar-refractivity contribution is 5.89. The molecular weight excluding hydrogens is 372 g/mol. The molecule has 0 aromatic carbocycles. The molecule has 30 heavy (non-hydrogen) atoms. The molecule has 1 saturated heterocycles. The maximum atomic E-state index is 5.17. The van der Waals surface area contributed by atoms with Gasteiger partial charge < -0.3 is 4.98 Å². The van der Waals surface area contributed by atoms with Crippen molar-refractivity contribution in [3.05, 3.63) is 47.0 Å². The normalized spacial score (nSPS) is 15.7. The van der Waals surface area contributed by atoms with E-state index in [1.54, 1.807) is 6.33 Å². The number of aromatic amines is 1. The van der Waals surface area contributed by atoms with Gasteiger partial charge in [0.15, 0.2) is 5.65 Å². The molecule has 1 N–H and O–H groups in total. The second kappa shape index (κ2) is 6.91. The smallest absolute Gasteiger partial charge is 0.158 e. The third-order valence-electron chi connectivity index (χ3n) is 6.73. The van der Waals surface area contributed by atoms with E-state index in [0.29, 0.717) is 17.9 Å². The lowest BCUT2D eigenvalue weighted by Crippen LogP contribution is -2.48. The molecule has 0 spiro atoms. The lowest BCUT2D eigenvalue weighted by atomic mass is 9.93. The number of likely N-dealkylation sites (tertiary alicyclic amines) is 1. The molecule has 1 aliphatic rings. The Morgan fingerprint density at radius 3 is 2.53 bits per heavy atom. The van der Waals surface area contributed by atoms with Gasteiger partial charge in [-0.25, -0.2) is 9.50 Å². The van der Waals surface area contributed by atoms with Gasteiger partial charge in [-0.1, -0.05) is 13.8 Å². The van der Waals surface area contributed by atoms with Crippen molar-refractivity contribution >= 4 is 16.7 Å². The van der Waals surface area contributed by atoms with Crippen LogP contribution in [0.4, 0.5) is 0 Å². The number of rotatable bonds is 4. The Bertz CT molecular complexity index is 1240. The van der Waals surface area contributed by atoms with E-state index in [9.17, 15) is 0 Å². The fourth-order valence-electron chi connectivity index (χ4n) is 4.68. The molecule has 0 aliphatic carbocycles. The van der Waals surface area contributed by atoms with Crippen LogP contribution in [0.5, 0.6) is 0 Å². The zero-order valence-corrected chi connectivity index (χ0v) is 18.7. The van der Waals surface area contributed by atoms with E-state index in [1.165, 1.54) is 22.4 Å². The van der Waals surface area contributed by atoms with Crippen LogP contribution in [0.15, 0.2) is 24.7 Å². The Kier molecular flexibility index (Phi) is 4.43. The summed E-state index contributed by atoms with van der Waals surface area (Å²) in [5.41, 5.74) is 10.3. The summed E-state index contributed by atoms with van der Waals surface area (Å²) in [6.45, 7) is 15.5. The fourth-order valence-corrected chi connectivity index (χ4v) is 4.68. The van der Waals surface area contributed by atoms with Crippen LogP contribution in [-0.2, 0) is 0 Å². The molecular formula is C24H30N6. The first-order valence-electron chi connectivity index (χ1n) is 10.9. The van der Waals surface area contributed by atoms with Crippen molar-refractivity contribution in [2.24, 2.45) is 0 Å². The summed E-state index contributed by atoms with van der Waals surface area (Å²) in [4.78, 5) is 15.8. The van der Waals surface area contributed by atoms with Gasteiger partial charge in [0.25, 0.3) is 0 Å². The van der Waals surface area contributed by atoms with E-state index in [1.807, 2.05) is 4.52 Å². The molecule has 156 valence electrons. The first kappa shape index (κ1) is 19.2. The Labute approximate surface area is 177 Å². The molecule has 6 heteroatoms. The Morgan fingerprint density at radius 1 is 1.07 bits per heavy atom. The second-order valence-corrected chi connectivity index (χ2v) is 9.27. The third kappa shape index (κ3) is 2.85. The molecule has 0 bridgehead atoms. The van der Waals surface area contributed by atoms with Crippen LogP contribution in [0.3, 0.4) is 0 Å². The minimum absolute atomic E-state index is 0.358. The Hall–Kier alpha value is -2.73. The predicted octanol–water partition coefficient (Wildman–Crippen LogP) is 4.82. The summed E-state index contributed by atoms with van der Waals surface area (Å²) in [6.07, 6.45) is 3.71. The van der Waals surface area contributed by atoms with Crippen molar-refractivity contribution in [1.29, 1.82) is 0 Å². The monoisotopic (exact) mass is 402 g/mol. The van der Waals surface area contributed by atoms with Crippen LogP contribution in [0.1, 0.15) is 61.9 Å². The van der Waals surface area contributed by atoms with Crippen LogP contribution in [-0.4, -0.2) is 48.6 Å². The zero-order chi connectivity index (χ0) is 21.2. The molecule has 4 aromatic heterocycles. The van der Waals surface area contributed by atoms with E-state index < -0.39 is 0 Å². The molecule has 6 nitrogen and oxygen atoms in total. The van der Waals surface area contributed by atoms with Crippen LogP contribution in [0.2, 0.25) is 0 Å². The number of pyridine rings is 2. The Balaban J connectivity index is 1.65. The summed E-state index contributed by atoms with van der Waals surface area (Å²) in [5.74, 6) is 0.891. The maximum Gasteiger partial charge on any atom is 0.158 e. The molecule has 0 atom stereocenters. The summed E-state index contributed by atoms with van der Waals surface area (Å²) in [5, 5.41) is 4.38. The van der Waals surface area contributed by atoms with Crippen molar-refractivity contribution in [3.63, 3.8) is 0 Å². The van der Waals surface area contributed by atoms with Gasteiger partial charge in [0.2, 0.25) is 0 Å². The van der Waals surface area contributed by atoms with E-state index in [2.05, 4.69) is 79.8 Å². The standard InChI is InChI=1S/C24H30N6/c1-13(2)21-22(18-11-30-24(25-12-26-30)16(6)15(18)5)28-20-8-7-19(27-23(20)21)17-9-29(10-17)14(3)4/h7-8,11-14,17,28H,9-10H2,1-6H3. The van der Waals surface area contributed by atoms with E-state index in [0.717, 1.165) is 41.0 Å². The first-order chi connectivity index (χ1) is 14.3. The fraction of sp³-hybridized carbons (Fsp3) is 0.458. The number of aryl methyl sites for hydroxylation is 1. The SMILES string of the molecule is Cc1c(-c2[nH]c3ccc(C4CN(C(C)C)C4)nc3c2C(C)C)cn2ncnc2c1C. The number of aromatic nitrogens is 5. The number of hydrogen-bond donors (Lipinski definition) is 1. The van der Waals surface area contributed by atoms with Crippen molar-refractivity contribution in [1.82, 2.24) is 29.5 Å². The van der Waals surface area contributed by atoms with E-state index in [4.69, 9.17) is 4.98 Å². The highest BCUT2D eigenvalue weighted by Crippen LogP contribution is 2.38. The highest BCUT2D eigenvalue weighted by atomic mass is 15.3. The molecule has 5 rings (SSSR count). The van der Waals surface area contributed by atoms with Crippen molar-refractivity contribution in [2.75, 3.05) is 13.1 Å². The lowest BCUT2D eigenvalue weighted by molar-refractivity contribution is 0.108. The quantitative estimate of drug-likeness (QED) is 0.532. The number of hydrogen-bond acceptors (Lipinski definition) is 4. The van der Waals surface area contributed by atoms with Crippen LogP contribution in [0.25, 0.3) is 27.9 Å². The lowest BCUT2D eigenvalue weighted by Gasteiger charge is -2.41. The molecule has 1 aliphatic heterocycles. The second-order valence-electron chi connectivity index (χ2n) is 9.27. The van der Waals surface area contributed by atoms with Gasteiger partial charge in [-0.2, -0.15) is 5.10 Å². The highest BCUT2D eigenvalue weighted by Gasteiger charge is 2.31. The van der Waals surface area contributed by atoms with Crippen molar-refractivity contribution in [3.8, 4) is 11.3 Å². The van der Waals surface area contributed by atoms with Crippen molar-refractivity contribution in [2.45, 2.75) is 59.4 Å². The van der Waals surface area contributed by atoms with Gasteiger partial charge >= 0.3 is 0 Å². The minimum Gasteiger partial charge on any atom is -0.353 e. The van der Waals surface area contributed by atoms with Crippen LogP contribution in [0, 0.1) is 13.8 Å². The predicted molar refractivity (Wildman–Crippen MR) is 121 cm³/mol. The Morgan fingerprint density at radius 2 is 1.83 bits per heavy atom. The maximum absolute atomic E-state index is 5.17. The summed E-state index contributed by atoms with van der Waals surface area (Å²) >= 11 is 0. The van der Waals surface area contributed by atoms with Gasteiger partial charge in [-0.05, 0) is 56.9 Å². The van der Waals surface area contributed by atoms with Gasteiger partial charge in [0, 0.05) is 48.1 Å². The number of nitrogens with one attached hydrogen (secondary N) is 1. The van der Waals surface area contributed by atoms with E-state index in [-0.39, 0.29) is 0 Å². The largest absolute Gasteiger partial charge is 0.353 e. The van der Waals surface area contributed by atoms with Crippen LogP contribution >= 0.6 is 0 Å². The molecule has 1 fully saturated rings. The number of fused-ring (bicyclic) bond motifs is 2. The zero-order valence-electron chi connectivity index (χ0n) is 18.7. The third-order valence-corrected chi connectivity index (χ3v) is 6.73. The minimum atomic E-state index is 0.358. The average Bonchev–Trinajstić information content (AvgIpc) is 3.27. The molecule has 0 radical (unpaired) electrons. The topological polar surface area (TPSA) is 62.1 Å². The molecule has 0 saturated carbocycles. The summed E-state index contributed by atoms with van der Waals surface area (Å²) in [7, 11) is 0. The van der Waals surface area contributed by atoms with Gasteiger partial charge in [-0.15, -0.1) is 0 Å². The van der Waals surface area contributed by atoms with Gasteiger partial charge in [0.05, 0.1) is 16.7 Å². The van der Waals surface area contributed by atoms with Crippen LogP contribution < -0.4 is 0 Å². The average molecular weight is 403 g/mol. The first-order valence-corrected chi connectivity index (χ1v) is 10.9. The summed E-state index contributed by atoms with van der Waals surface area (Å²) in [6, 6.07) is 5.02. The molecule has 0 amide bonds. The molecule has 5 heterocycles. The molecule has 4 aromatic rings. The molecule has 0 unspecified atom stereocenters. The number of H-pyrrole nitrogens is 1. The summed E-state index contributed by atoms with van der Waals surface area (Å²) < 4.78 is 1.88.